The minimum absolute atomic E-state index is 0.330. The number of hydrogen-bond acceptors (Lipinski definition) is 4. The van der Waals surface area contributed by atoms with Crippen LogP contribution in [-0.2, 0) is 6.42 Å². The first-order valence-electron chi connectivity index (χ1n) is 7.38. The standard InChI is InChI=1S/C18H19ClO4/c1-2-23-15-6-3-12(4-7-15)9-14-10-13(5-8-16(14)19)18(22)17(21)11-20/h3-8,10,17,20-21H,2,9,11H2,1H3. The molecule has 0 spiro atoms. The van der Waals surface area contributed by atoms with E-state index in [1.807, 2.05) is 31.2 Å². The number of Topliss-reactive ketones (excluding diaryl/α,β-unsaturated/α-hetero) is 1. The van der Waals surface area contributed by atoms with Gasteiger partial charge in [0.1, 0.15) is 11.9 Å². The van der Waals surface area contributed by atoms with Gasteiger partial charge in [0, 0.05) is 10.6 Å². The van der Waals surface area contributed by atoms with Gasteiger partial charge in [-0.1, -0.05) is 23.7 Å². The van der Waals surface area contributed by atoms with E-state index in [0.29, 0.717) is 23.6 Å². The Hall–Kier alpha value is -1.88. The SMILES string of the molecule is CCOc1ccc(Cc2cc(C(=O)C(O)CO)ccc2Cl)cc1. The van der Waals surface area contributed by atoms with Gasteiger partial charge < -0.3 is 14.9 Å². The lowest BCUT2D eigenvalue weighted by molar-refractivity contribution is 0.0587. The fraction of sp³-hybridized carbons (Fsp3) is 0.278. The van der Waals surface area contributed by atoms with Gasteiger partial charge in [-0.05, 0) is 54.8 Å². The predicted molar refractivity (Wildman–Crippen MR) is 89.3 cm³/mol. The first-order chi connectivity index (χ1) is 11.0. The van der Waals surface area contributed by atoms with Crippen LogP contribution in [-0.4, -0.2) is 35.3 Å². The van der Waals surface area contributed by atoms with Gasteiger partial charge >= 0.3 is 0 Å². The van der Waals surface area contributed by atoms with Crippen molar-refractivity contribution in [2.45, 2.75) is 19.4 Å². The van der Waals surface area contributed by atoms with Gasteiger partial charge in [-0.15, -0.1) is 0 Å². The molecule has 0 radical (unpaired) electrons. The van der Waals surface area contributed by atoms with Crippen LogP contribution in [0, 0.1) is 0 Å². The van der Waals surface area contributed by atoms with Crippen molar-refractivity contribution in [3.8, 4) is 5.75 Å². The van der Waals surface area contributed by atoms with Crippen LogP contribution in [0.15, 0.2) is 42.5 Å². The minimum Gasteiger partial charge on any atom is -0.494 e. The Bertz CT molecular complexity index is 667. The number of ketones is 1. The smallest absolute Gasteiger partial charge is 0.193 e. The highest BCUT2D eigenvalue weighted by atomic mass is 35.5. The molecular formula is C18H19ClO4. The molecule has 0 saturated heterocycles. The second-order valence-electron chi connectivity index (χ2n) is 5.12. The second-order valence-corrected chi connectivity index (χ2v) is 5.53. The lowest BCUT2D eigenvalue weighted by atomic mass is 9.99. The van der Waals surface area contributed by atoms with Gasteiger partial charge in [0.15, 0.2) is 5.78 Å². The summed E-state index contributed by atoms with van der Waals surface area (Å²) in [5.74, 6) is 0.287. The molecule has 5 heteroatoms. The first kappa shape index (κ1) is 17.5. The third-order valence-corrected chi connectivity index (χ3v) is 3.80. The molecule has 4 nitrogen and oxygen atoms in total. The Morgan fingerprint density at radius 3 is 2.52 bits per heavy atom. The molecule has 0 bridgehead atoms. The quantitative estimate of drug-likeness (QED) is 0.764. The normalized spacial score (nSPS) is 12.0. The number of carbonyl (C=O) groups excluding carboxylic acids is 1. The van der Waals surface area contributed by atoms with Crippen LogP contribution >= 0.6 is 11.6 Å². The van der Waals surface area contributed by atoms with Crippen LogP contribution in [0.1, 0.15) is 28.4 Å². The summed E-state index contributed by atoms with van der Waals surface area (Å²) in [5, 5.41) is 18.9. The lowest BCUT2D eigenvalue weighted by Crippen LogP contribution is -2.24. The van der Waals surface area contributed by atoms with E-state index in [4.69, 9.17) is 21.4 Å². The average molecular weight is 335 g/mol. The Balaban J connectivity index is 2.20. The fourth-order valence-electron chi connectivity index (χ4n) is 2.23. The number of rotatable bonds is 7. The van der Waals surface area contributed by atoms with Gasteiger partial charge in [0.05, 0.1) is 13.2 Å². The molecule has 2 N–H and O–H groups in total. The summed E-state index contributed by atoms with van der Waals surface area (Å²) in [5.41, 5.74) is 2.14. The van der Waals surface area contributed by atoms with Crippen LogP contribution in [0.25, 0.3) is 0 Å². The summed E-state index contributed by atoms with van der Waals surface area (Å²) in [7, 11) is 0. The van der Waals surface area contributed by atoms with Crippen LogP contribution in [0.5, 0.6) is 5.75 Å². The topological polar surface area (TPSA) is 66.8 Å². The van der Waals surface area contributed by atoms with E-state index in [2.05, 4.69) is 0 Å². The third-order valence-electron chi connectivity index (χ3n) is 3.43. The predicted octanol–water partition coefficient (Wildman–Crippen LogP) is 2.87. The van der Waals surface area contributed by atoms with Gasteiger partial charge in [-0.3, -0.25) is 4.79 Å². The third kappa shape index (κ3) is 4.55. The highest BCUT2D eigenvalue weighted by Gasteiger charge is 2.17. The zero-order valence-corrected chi connectivity index (χ0v) is 13.6. The summed E-state index contributed by atoms with van der Waals surface area (Å²) >= 11 is 6.20. The summed E-state index contributed by atoms with van der Waals surface area (Å²) < 4.78 is 5.40. The molecule has 0 aliphatic rings. The zero-order chi connectivity index (χ0) is 16.8. The summed E-state index contributed by atoms with van der Waals surface area (Å²) in [4.78, 5) is 11.9. The maximum absolute atomic E-state index is 11.9. The van der Waals surface area contributed by atoms with Gasteiger partial charge in [-0.2, -0.15) is 0 Å². The van der Waals surface area contributed by atoms with Crippen LogP contribution in [0.3, 0.4) is 0 Å². The molecule has 122 valence electrons. The minimum atomic E-state index is -1.41. The van der Waals surface area contributed by atoms with E-state index in [-0.39, 0.29) is 0 Å². The van der Waals surface area contributed by atoms with Crippen molar-refractivity contribution >= 4 is 17.4 Å². The maximum Gasteiger partial charge on any atom is 0.193 e. The van der Waals surface area contributed by atoms with Crippen molar-refractivity contribution in [3.63, 3.8) is 0 Å². The average Bonchev–Trinajstić information content (AvgIpc) is 2.57. The van der Waals surface area contributed by atoms with Crippen molar-refractivity contribution in [2.75, 3.05) is 13.2 Å². The molecule has 2 rings (SSSR count). The molecule has 2 aromatic rings. The molecule has 0 fully saturated rings. The van der Waals surface area contributed by atoms with Gasteiger partial charge in [-0.25, -0.2) is 0 Å². The van der Waals surface area contributed by atoms with E-state index < -0.39 is 18.5 Å². The monoisotopic (exact) mass is 334 g/mol. The molecule has 0 saturated carbocycles. The highest BCUT2D eigenvalue weighted by Crippen LogP contribution is 2.23. The Labute approximate surface area is 140 Å². The zero-order valence-electron chi connectivity index (χ0n) is 12.8. The Kier molecular flexibility index (Phi) is 6.16. The number of aliphatic hydroxyl groups is 2. The number of aliphatic hydroxyl groups excluding tert-OH is 2. The first-order valence-corrected chi connectivity index (χ1v) is 7.76. The number of benzene rings is 2. The van der Waals surface area contributed by atoms with Gasteiger partial charge in [0.25, 0.3) is 0 Å². The second kappa shape index (κ2) is 8.11. The molecule has 1 unspecified atom stereocenters. The van der Waals surface area contributed by atoms with Crippen molar-refractivity contribution in [3.05, 3.63) is 64.2 Å². The Morgan fingerprint density at radius 1 is 1.22 bits per heavy atom. The van der Waals surface area contributed by atoms with Gasteiger partial charge in [0.2, 0.25) is 0 Å². The van der Waals surface area contributed by atoms with E-state index in [1.54, 1.807) is 18.2 Å². The van der Waals surface area contributed by atoms with Crippen LogP contribution < -0.4 is 4.74 Å². The van der Waals surface area contributed by atoms with Crippen LogP contribution in [0.4, 0.5) is 0 Å². The molecule has 0 aromatic heterocycles. The molecule has 0 aliphatic carbocycles. The summed E-state index contributed by atoms with van der Waals surface area (Å²) in [6.45, 7) is 1.94. The van der Waals surface area contributed by atoms with E-state index in [9.17, 15) is 9.90 Å². The summed E-state index contributed by atoms with van der Waals surface area (Å²) in [6.07, 6.45) is -0.851. The number of ether oxygens (including phenoxy) is 1. The molecule has 0 heterocycles. The van der Waals surface area contributed by atoms with Crippen LogP contribution in [0.2, 0.25) is 5.02 Å². The Morgan fingerprint density at radius 2 is 1.91 bits per heavy atom. The maximum atomic E-state index is 11.9. The number of carbonyl (C=O) groups is 1. The lowest BCUT2D eigenvalue weighted by Gasteiger charge is -2.10. The molecule has 0 amide bonds. The van der Waals surface area contributed by atoms with Crippen molar-refractivity contribution in [2.24, 2.45) is 0 Å². The van der Waals surface area contributed by atoms with E-state index in [1.165, 1.54) is 0 Å². The molecule has 1 atom stereocenters. The van der Waals surface area contributed by atoms with Crippen molar-refractivity contribution < 1.29 is 19.7 Å². The van der Waals surface area contributed by atoms with Crippen molar-refractivity contribution in [1.29, 1.82) is 0 Å². The number of hydrogen-bond donors (Lipinski definition) is 2. The largest absolute Gasteiger partial charge is 0.494 e. The molecular weight excluding hydrogens is 316 g/mol. The van der Waals surface area contributed by atoms with Crippen molar-refractivity contribution in [1.82, 2.24) is 0 Å². The molecule has 0 aliphatic heterocycles. The van der Waals surface area contributed by atoms with E-state index in [0.717, 1.165) is 16.9 Å². The highest BCUT2D eigenvalue weighted by molar-refractivity contribution is 6.31. The number of halogens is 1. The molecule has 23 heavy (non-hydrogen) atoms. The van der Waals surface area contributed by atoms with E-state index >= 15 is 0 Å². The fourth-order valence-corrected chi connectivity index (χ4v) is 2.41. The summed E-state index contributed by atoms with van der Waals surface area (Å²) in [6, 6.07) is 12.5. The molecule has 2 aromatic carbocycles.